The first kappa shape index (κ1) is 20.7. The minimum atomic E-state index is -1.04. The number of anilines is 1. The van der Waals surface area contributed by atoms with Gasteiger partial charge in [0.25, 0.3) is 0 Å². The first-order valence-electron chi connectivity index (χ1n) is 9.53. The molecule has 0 radical (unpaired) electrons. The molecule has 3 aromatic carbocycles. The molecule has 0 amide bonds. The van der Waals surface area contributed by atoms with E-state index in [2.05, 4.69) is 5.32 Å². The Labute approximate surface area is 175 Å². The average Bonchev–Trinajstić information content (AvgIpc) is 2.77. The molecule has 0 heterocycles. The normalized spacial score (nSPS) is 11.2. The molecular weight excluding hydrogens is 380 g/mol. The lowest BCUT2D eigenvalue weighted by atomic mass is 10.1. The van der Waals surface area contributed by atoms with Crippen LogP contribution in [0.4, 0.5) is 5.69 Å². The summed E-state index contributed by atoms with van der Waals surface area (Å²) in [7, 11) is 0. The van der Waals surface area contributed by atoms with Crippen molar-refractivity contribution < 1.29 is 19.4 Å². The number of hydrogen-bond donors (Lipinski definition) is 2. The van der Waals surface area contributed by atoms with Crippen molar-refractivity contribution in [2.75, 3.05) is 11.9 Å². The molecule has 0 spiro atoms. The van der Waals surface area contributed by atoms with Gasteiger partial charge in [-0.05, 0) is 54.4 Å². The molecule has 1 unspecified atom stereocenters. The van der Waals surface area contributed by atoms with Crippen LogP contribution in [0, 0.1) is 11.3 Å². The van der Waals surface area contributed by atoms with Crippen LogP contribution >= 0.6 is 0 Å². The van der Waals surface area contributed by atoms with Gasteiger partial charge in [-0.15, -0.1) is 0 Å². The maximum atomic E-state index is 12.0. The second kappa shape index (κ2) is 9.99. The molecule has 0 aliphatic heterocycles. The standard InChI is InChI=1S/C24H22N2O4/c1-2-29-21-12-19(13-22(14-21)30-16-18-6-4-3-5-7-18)23(24(27)28)26-20-10-8-17(15-25)9-11-20/h3-14,23,26H,2,16H2,1H3,(H,27,28). The monoisotopic (exact) mass is 402 g/mol. The molecule has 0 bridgehead atoms. The molecular formula is C24H22N2O4. The van der Waals surface area contributed by atoms with E-state index in [1.54, 1.807) is 42.5 Å². The lowest BCUT2D eigenvalue weighted by molar-refractivity contribution is -0.138. The van der Waals surface area contributed by atoms with Crippen molar-refractivity contribution in [3.8, 4) is 17.6 Å². The van der Waals surface area contributed by atoms with E-state index in [9.17, 15) is 9.90 Å². The number of rotatable bonds is 9. The predicted molar refractivity (Wildman–Crippen MR) is 114 cm³/mol. The second-order valence-electron chi connectivity index (χ2n) is 6.55. The number of aliphatic carboxylic acids is 1. The zero-order valence-electron chi connectivity index (χ0n) is 16.5. The molecule has 2 N–H and O–H groups in total. The zero-order chi connectivity index (χ0) is 21.3. The van der Waals surface area contributed by atoms with Gasteiger partial charge in [-0.1, -0.05) is 30.3 Å². The molecule has 1 atom stereocenters. The number of hydrogen-bond acceptors (Lipinski definition) is 5. The predicted octanol–water partition coefficient (Wildman–Crippen LogP) is 4.77. The fraction of sp³-hybridized carbons (Fsp3) is 0.167. The highest BCUT2D eigenvalue weighted by Crippen LogP contribution is 2.30. The zero-order valence-corrected chi connectivity index (χ0v) is 16.5. The quantitative estimate of drug-likeness (QED) is 0.535. The lowest BCUT2D eigenvalue weighted by Crippen LogP contribution is -2.20. The summed E-state index contributed by atoms with van der Waals surface area (Å²) < 4.78 is 11.5. The summed E-state index contributed by atoms with van der Waals surface area (Å²) in [5, 5.41) is 21.7. The van der Waals surface area contributed by atoms with E-state index >= 15 is 0 Å². The summed E-state index contributed by atoms with van der Waals surface area (Å²) in [6.45, 7) is 2.67. The Morgan fingerprint density at radius 2 is 1.70 bits per heavy atom. The highest BCUT2D eigenvalue weighted by atomic mass is 16.5. The third-order valence-corrected chi connectivity index (χ3v) is 4.37. The smallest absolute Gasteiger partial charge is 0.330 e. The molecule has 0 aromatic heterocycles. The van der Waals surface area contributed by atoms with Crippen molar-refractivity contribution >= 4 is 11.7 Å². The number of carboxylic acid groups (broad SMARTS) is 1. The van der Waals surface area contributed by atoms with Crippen molar-refractivity contribution in [3.05, 3.63) is 89.5 Å². The number of nitrogens with zero attached hydrogens (tertiary/aromatic N) is 1. The van der Waals surface area contributed by atoms with Crippen molar-refractivity contribution in [2.24, 2.45) is 0 Å². The fourth-order valence-corrected chi connectivity index (χ4v) is 2.93. The number of nitrogens with one attached hydrogen (secondary N) is 1. The minimum absolute atomic E-state index is 0.358. The van der Waals surface area contributed by atoms with Gasteiger partial charge >= 0.3 is 5.97 Å². The van der Waals surface area contributed by atoms with Crippen molar-refractivity contribution in [2.45, 2.75) is 19.6 Å². The molecule has 3 rings (SSSR count). The minimum Gasteiger partial charge on any atom is -0.494 e. The van der Waals surface area contributed by atoms with Crippen LogP contribution in [0.15, 0.2) is 72.8 Å². The van der Waals surface area contributed by atoms with Crippen LogP contribution in [0.25, 0.3) is 0 Å². The molecule has 0 aliphatic carbocycles. The van der Waals surface area contributed by atoms with E-state index in [4.69, 9.17) is 14.7 Å². The van der Waals surface area contributed by atoms with Gasteiger partial charge in [0.1, 0.15) is 18.1 Å². The third kappa shape index (κ3) is 5.52. The van der Waals surface area contributed by atoms with Gasteiger partial charge in [0, 0.05) is 11.8 Å². The van der Waals surface area contributed by atoms with E-state index in [1.165, 1.54) is 0 Å². The first-order valence-corrected chi connectivity index (χ1v) is 9.53. The number of benzene rings is 3. The molecule has 0 fully saturated rings. The Balaban J connectivity index is 1.86. The van der Waals surface area contributed by atoms with E-state index in [0.717, 1.165) is 5.56 Å². The van der Waals surface area contributed by atoms with Crippen LogP contribution < -0.4 is 14.8 Å². The van der Waals surface area contributed by atoms with Crippen molar-refractivity contribution in [3.63, 3.8) is 0 Å². The number of ether oxygens (including phenoxy) is 2. The Bertz CT molecular complexity index is 1030. The summed E-state index contributed by atoms with van der Waals surface area (Å²) in [4.78, 5) is 12.0. The van der Waals surface area contributed by atoms with Gasteiger partial charge in [-0.2, -0.15) is 5.26 Å². The third-order valence-electron chi connectivity index (χ3n) is 4.37. The number of carbonyl (C=O) groups is 1. The Kier molecular flexibility index (Phi) is 6.91. The summed E-state index contributed by atoms with van der Waals surface area (Å²) in [5.41, 5.74) is 2.60. The van der Waals surface area contributed by atoms with Crippen LogP contribution in [0.5, 0.6) is 11.5 Å². The van der Waals surface area contributed by atoms with E-state index in [1.807, 2.05) is 43.3 Å². The van der Waals surface area contributed by atoms with E-state index < -0.39 is 12.0 Å². The van der Waals surface area contributed by atoms with Gasteiger partial charge in [0.05, 0.1) is 18.2 Å². The van der Waals surface area contributed by atoms with Gasteiger partial charge < -0.3 is 19.9 Å². The molecule has 0 saturated heterocycles. The van der Waals surface area contributed by atoms with Gasteiger partial charge in [-0.25, -0.2) is 4.79 Å². The SMILES string of the molecule is CCOc1cc(OCc2ccccc2)cc(C(Nc2ccc(C#N)cc2)C(=O)O)c1. The van der Waals surface area contributed by atoms with E-state index in [0.29, 0.717) is 41.5 Å². The molecule has 6 nitrogen and oxygen atoms in total. The van der Waals surface area contributed by atoms with Crippen LogP contribution in [0.2, 0.25) is 0 Å². The van der Waals surface area contributed by atoms with Crippen LogP contribution in [-0.2, 0) is 11.4 Å². The number of nitriles is 1. The van der Waals surface area contributed by atoms with Gasteiger partial charge in [0.15, 0.2) is 6.04 Å². The van der Waals surface area contributed by atoms with Crippen LogP contribution in [-0.4, -0.2) is 17.7 Å². The Morgan fingerprint density at radius 1 is 1.03 bits per heavy atom. The highest BCUT2D eigenvalue weighted by Gasteiger charge is 2.21. The van der Waals surface area contributed by atoms with Crippen molar-refractivity contribution in [1.82, 2.24) is 0 Å². The average molecular weight is 402 g/mol. The molecule has 30 heavy (non-hydrogen) atoms. The van der Waals surface area contributed by atoms with Crippen molar-refractivity contribution in [1.29, 1.82) is 5.26 Å². The highest BCUT2D eigenvalue weighted by molar-refractivity contribution is 5.79. The largest absolute Gasteiger partial charge is 0.494 e. The first-order chi connectivity index (χ1) is 14.6. The fourth-order valence-electron chi connectivity index (χ4n) is 2.93. The maximum absolute atomic E-state index is 12.0. The Morgan fingerprint density at radius 3 is 2.30 bits per heavy atom. The summed E-state index contributed by atoms with van der Waals surface area (Å²) in [6.07, 6.45) is 0. The summed E-state index contributed by atoms with van der Waals surface area (Å²) >= 11 is 0. The van der Waals surface area contributed by atoms with E-state index in [-0.39, 0.29) is 0 Å². The molecule has 6 heteroatoms. The summed E-state index contributed by atoms with van der Waals surface area (Å²) in [5.74, 6) is 0.0145. The summed E-state index contributed by atoms with van der Waals surface area (Å²) in [6, 6.07) is 22.5. The van der Waals surface area contributed by atoms with Gasteiger partial charge in [-0.3, -0.25) is 0 Å². The lowest BCUT2D eigenvalue weighted by Gasteiger charge is -2.19. The van der Waals surface area contributed by atoms with Gasteiger partial charge in [0.2, 0.25) is 0 Å². The van der Waals surface area contributed by atoms with Crippen LogP contribution in [0.1, 0.15) is 29.7 Å². The Hall–Kier alpha value is -3.98. The number of carboxylic acids is 1. The molecule has 3 aromatic rings. The topological polar surface area (TPSA) is 91.6 Å². The second-order valence-corrected chi connectivity index (χ2v) is 6.55. The molecule has 0 saturated carbocycles. The molecule has 0 aliphatic rings. The van der Waals surface area contributed by atoms with Crippen LogP contribution in [0.3, 0.4) is 0 Å². The molecule has 152 valence electrons. The maximum Gasteiger partial charge on any atom is 0.330 e.